The monoisotopic (exact) mass is 287 g/mol. The number of methoxy groups -OCH3 is 1. The van der Waals surface area contributed by atoms with E-state index in [-0.39, 0.29) is 18.9 Å². The third-order valence-electron chi connectivity index (χ3n) is 3.27. The molecule has 0 radical (unpaired) electrons. The molecule has 8 heteroatoms. The zero-order chi connectivity index (χ0) is 15.1. The number of nitrogens with zero attached hydrogens (tertiary/aromatic N) is 1. The lowest BCUT2D eigenvalue weighted by Gasteiger charge is -2.32. The highest BCUT2D eigenvalue weighted by molar-refractivity contribution is 5.83. The van der Waals surface area contributed by atoms with Gasteiger partial charge in [0.05, 0.1) is 6.10 Å². The van der Waals surface area contributed by atoms with Crippen molar-refractivity contribution in [3.8, 4) is 0 Å². The SMILES string of the molecule is COC1CCCN(C(=O)NC(CCC(N)=O)C(=O)O)C1. The lowest BCUT2D eigenvalue weighted by Crippen LogP contribution is -2.52. The highest BCUT2D eigenvalue weighted by Crippen LogP contribution is 2.12. The van der Waals surface area contributed by atoms with E-state index >= 15 is 0 Å². The standard InChI is InChI=1S/C12H21N3O5/c1-20-8-3-2-6-15(7-8)12(19)14-9(11(17)18)4-5-10(13)16/h8-9H,2-7H2,1H3,(H2,13,16)(H,14,19)(H,17,18). The molecule has 0 aromatic heterocycles. The van der Waals surface area contributed by atoms with E-state index in [0.29, 0.717) is 13.1 Å². The number of hydrogen-bond acceptors (Lipinski definition) is 4. The third kappa shape index (κ3) is 5.04. The molecule has 4 N–H and O–H groups in total. The van der Waals surface area contributed by atoms with Crippen molar-refractivity contribution in [2.75, 3.05) is 20.2 Å². The molecule has 2 unspecified atom stereocenters. The Bertz CT molecular complexity index is 374. The maximum absolute atomic E-state index is 12.0. The summed E-state index contributed by atoms with van der Waals surface area (Å²) in [5.74, 6) is -1.78. The van der Waals surface area contributed by atoms with E-state index in [0.717, 1.165) is 12.8 Å². The fourth-order valence-electron chi connectivity index (χ4n) is 2.10. The minimum absolute atomic E-state index is 0.0159. The summed E-state index contributed by atoms with van der Waals surface area (Å²) in [4.78, 5) is 35.3. The molecule has 1 saturated heterocycles. The van der Waals surface area contributed by atoms with Crippen molar-refractivity contribution in [1.82, 2.24) is 10.2 Å². The average molecular weight is 287 g/mol. The molecule has 3 amide bonds. The van der Waals surface area contributed by atoms with Crippen LogP contribution in [0.15, 0.2) is 0 Å². The second kappa shape index (κ2) is 7.68. The van der Waals surface area contributed by atoms with E-state index in [4.69, 9.17) is 15.6 Å². The number of urea groups is 1. The van der Waals surface area contributed by atoms with Crippen LogP contribution in [0.4, 0.5) is 4.79 Å². The molecule has 1 aliphatic rings. The van der Waals surface area contributed by atoms with Crippen LogP contribution >= 0.6 is 0 Å². The normalized spacial score (nSPS) is 20.2. The van der Waals surface area contributed by atoms with Crippen LogP contribution < -0.4 is 11.1 Å². The summed E-state index contributed by atoms with van der Waals surface area (Å²) in [7, 11) is 1.58. The molecule has 114 valence electrons. The smallest absolute Gasteiger partial charge is 0.326 e. The van der Waals surface area contributed by atoms with Crippen LogP contribution in [0.3, 0.4) is 0 Å². The van der Waals surface area contributed by atoms with Crippen LogP contribution in [-0.2, 0) is 14.3 Å². The zero-order valence-corrected chi connectivity index (χ0v) is 11.5. The van der Waals surface area contributed by atoms with E-state index in [9.17, 15) is 14.4 Å². The lowest BCUT2D eigenvalue weighted by atomic mass is 10.1. The van der Waals surface area contributed by atoms with Crippen molar-refractivity contribution in [2.45, 2.75) is 37.8 Å². The number of ether oxygens (including phenoxy) is 1. The van der Waals surface area contributed by atoms with E-state index in [2.05, 4.69) is 5.32 Å². The summed E-state index contributed by atoms with van der Waals surface area (Å²) in [6.45, 7) is 0.998. The largest absolute Gasteiger partial charge is 0.480 e. The maximum Gasteiger partial charge on any atom is 0.326 e. The Morgan fingerprint density at radius 1 is 1.50 bits per heavy atom. The van der Waals surface area contributed by atoms with Crippen molar-refractivity contribution >= 4 is 17.9 Å². The van der Waals surface area contributed by atoms with Gasteiger partial charge in [0.2, 0.25) is 5.91 Å². The highest BCUT2D eigenvalue weighted by Gasteiger charge is 2.27. The predicted octanol–water partition coefficient (Wildman–Crippen LogP) is -0.474. The number of likely N-dealkylation sites (tertiary alicyclic amines) is 1. The van der Waals surface area contributed by atoms with Gasteiger partial charge in [0, 0.05) is 26.6 Å². The van der Waals surface area contributed by atoms with Crippen molar-refractivity contribution in [2.24, 2.45) is 5.73 Å². The molecule has 0 aliphatic carbocycles. The van der Waals surface area contributed by atoms with E-state index < -0.39 is 23.9 Å². The molecule has 0 spiro atoms. The second-order valence-electron chi connectivity index (χ2n) is 4.79. The number of carbonyl (C=O) groups is 3. The minimum Gasteiger partial charge on any atom is -0.480 e. The average Bonchev–Trinajstić information content (AvgIpc) is 2.42. The van der Waals surface area contributed by atoms with Gasteiger partial charge in [-0.1, -0.05) is 0 Å². The summed E-state index contributed by atoms with van der Waals surface area (Å²) in [6.07, 6.45) is 1.56. The number of amides is 3. The van der Waals surface area contributed by atoms with Gasteiger partial charge in [-0.3, -0.25) is 4.79 Å². The van der Waals surface area contributed by atoms with Crippen LogP contribution in [0.2, 0.25) is 0 Å². The van der Waals surface area contributed by atoms with Gasteiger partial charge < -0.3 is 25.8 Å². The maximum atomic E-state index is 12.0. The lowest BCUT2D eigenvalue weighted by molar-refractivity contribution is -0.139. The molecule has 1 heterocycles. The Hall–Kier alpha value is -1.83. The molecule has 20 heavy (non-hydrogen) atoms. The van der Waals surface area contributed by atoms with Crippen molar-refractivity contribution < 1.29 is 24.2 Å². The number of nitrogens with two attached hydrogens (primary N) is 1. The molecule has 0 saturated carbocycles. The van der Waals surface area contributed by atoms with Crippen LogP contribution in [-0.4, -0.2) is 60.3 Å². The fraction of sp³-hybridized carbons (Fsp3) is 0.750. The van der Waals surface area contributed by atoms with Crippen LogP contribution in [0.5, 0.6) is 0 Å². The van der Waals surface area contributed by atoms with Crippen molar-refractivity contribution in [3.05, 3.63) is 0 Å². The van der Waals surface area contributed by atoms with Crippen LogP contribution in [0, 0.1) is 0 Å². The number of primary amides is 1. The van der Waals surface area contributed by atoms with Gasteiger partial charge >= 0.3 is 12.0 Å². The summed E-state index contributed by atoms with van der Waals surface area (Å²) < 4.78 is 5.20. The molecule has 0 aromatic carbocycles. The molecule has 1 rings (SSSR count). The number of carboxylic acid groups (broad SMARTS) is 1. The number of aliphatic carboxylic acids is 1. The van der Waals surface area contributed by atoms with Gasteiger partial charge in [0.25, 0.3) is 0 Å². The number of carbonyl (C=O) groups excluding carboxylic acids is 2. The molecule has 0 aromatic rings. The summed E-state index contributed by atoms with van der Waals surface area (Å²) in [5.41, 5.74) is 4.98. The van der Waals surface area contributed by atoms with Gasteiger partial charge in [-0.15, -0.1) is 0 Å². The summed E-state index contributed by atoms with van der Waals surface area (Å²) >= 11 is 0. The number of piperidine rings is 1. The Morgan fingerprint density at radius 3 is 2.75 bits per heavy atom. The topological polar surface area (TPSA) is 122 Å². The molecule has 8 nitrogen and oxygen atoms in total. The van der Waals surface area contributed by atoms with Crippen molar-refractivity contribution in [3.63, 3.8) is 0 Å². The van der Waals surface area contributed by atoms with Gasteiger partial charge in [0.15, 0.2) is 0 Å². The summed E-state index contributed by atoms with van der Waals surface area (Å²) in [5, 5.41) is 11.4. The third-order valence-corrected chi connectivity index (χ3v) is 3.27. The first kappa shape index (κ1) is 16.2. The molecular weight excluding hydrogens is 266 g/mol. The Balaban J connectivity index is 2.52. The molecule has 0 bridgehead atoms. The van der Waals surface area contributed by atoms with Crippen molar-refractivity contribution in [1.29, 1.82) is 0 Å². The summed E-state index contributed by atoms with van der Waals surface area (Å²) in [6, 6.07) is -1.57. The second-order valence-corrected chi connectivity index (χ2v) is 4.79. The number of rotatable bonds is 6. The Morgan fingerprint density at radius 2 is 2.20 bits per heavy atom. The highest BCUT2D eigenvalue weighted by atomic mass is 16.5. The molecule has 2 atom stereocenters. The Labute approximate surface area is 117 Å². The first-order chi connectivity index (χ1) is 9.43. The van der Waals surface area contributed by atoms with Gasteiger partial charge in [0.1, 0.15) is 6.04 Å². The van der Waals surface area contributed by atoms with Gasteiger partial charge in [-0.05, 0) is 19.3 Å². The number of nitrogens with one attached hydrogen (secondary N) is 1. The predicted molar refractivity (Wildman–Crippen MR) is 70.0 cm³/mol. The zero-order valence-electron chi connectivity index (χ0n) is 11.5. The van der Waals surface area contributed by atoms with Crippen LogP contribution in [0.25, 0.3) is 0 Å². The molecular formula is C12H21N3O5. The van der Waals surface area contributed by atoms with E-state index in [1.54, 1.807) is 7.11 Å². The number of hydrogen-bond donors (Lipinski definition) is 3. The first-order valence-corrected chi connectivity index (χ1v) is 6.53. The van der Waals surface area contributed by atoms with E-state index in [1.807, 2.05) is 0 Å². The van der Waals surface area contributed by atoms with Gasteiger partial charge in [-0.2, -0.15) is 0 Å². The number of carboxylic acids is 1. The van der Waals surface area contributed by atoms with E-state index in [1.165, 1.54) is 4.90 Å². The quantitative estimate of drug-likeness (QED) is 0.609. The van der Waals surface area contributed by atoms with Gasteiger partial charge in [-0.25, -0.2) is 9.59 Å². The fourth-order valence-corrected chi connectivity index (χ4v) is 2.10. The first-order valence-electron chi connectivity index (χ1n) is 6.53. The van der Waals surface area contributed by atoms with Crippen LogP contribution in [0.1, 0.15) is 25.7 Å². The molecule has 1 aliphatic heterocycles. The Kier molecular flexibility index (Phi) is 6.23. The molecule has 1 fully saturated rings. The minimum atomic E-state index is -1.18.